The topological polar surface area (TPSA) is 52.6 Å². The van der Waals surface area contributed by atoms with Gasteiger partial charge in [0.1, 0.15) is 17.5 Å². The molecule has 0 aliphatic rings. The lowest BCUT2D eigenvalue weighted by molar-refractivity contribution is -0.148. The largest absolute Gasteiger partial charge is 0.496 e. The summed E-state index contributed by atoms with van der Waals surface area (Å²) in [5.74, 6) is -0.815. The van der Waals surface area contributed by atoms with Gasteiger partial charge in [-0.2, -0.15) is 0 Å². The van der Waals surface area contributed by atoms with Crippen LogP contribution in [0.15, 0.2) is 24.3 Å². The third-order valence-electron chi connectivity index (χ3n) is 2.59. The molecule has 1 atom stereocenters. The van der Waals surface area contributed by atoms with Gasteiger partial charge < -0.3 is 9.47 Å². The van der Waals surface area contributed by atoms with Crippen molar-refractivity contribution in [3.63, 3.8) is 0 Å². The minimum absolute atomic E-state index is 0.206. The predicted octanol–water partition coefficient (Wildman–Crippen LogP) is 1.62. The molecule has 0 heterocycles. The molecule has 1 aromatic carbocycles. The van der Waals surface area contributed by atoms with Gasteiger partial charge in [-0.3, -0.25) is 9.59 Å². The van der Waals surface area contributed by atoms with Crippen molar-refractivity contribution in [1.82, 2.24) is 0 Å². The summed E-state index contributed by atoms with van der Waals surface area (Å²) < 4.78 is 9.79. The zero-order chi connectivity index (χ0) is 12.8. The number of carbonyl (C=O) groups excluding carboxylic acids is 2. The van der Waals surface area contributed by atoms with Crippen LogP contribution in [0.2, 0.25) is 0 Å². The van der Waals surface area contributed by atoms with Gasteiger partial charge in [-0.15, -0.1) is 0 Å². The lowest BCUT2D eigenvalue weighted by Crippen LogP contribution is -2.25. The number of hydrogen-bond acceptors (Lipinski definition) is 4. The van der Waals surface area contributed by atoms with Crippen LogP contribution in [0.4, 0.5) is 0 Å². The van der Waals surface area contributed by atoms with E-state index in [2.05, 4.69) is 4.74 Å². The molecule has 0 fully saturated rings. The molecule has 0 saturated heterocycles. The number of esters is 1. The Hall–Kier alpha value is -1.84. The monoisotopic (exact) mass is 236 g/mol. The quantitative estimate of drug-likeness (QED) is 0.575. The molecular weight excluding hydrogens is 220 g/mol. The van der Waals surface area contributed by atoms with Crippen LogP contribution in [-0.2, 0) is 20.7 Å². The Labute approximate surface area is 101 Å². The van der Waals surface area contributed by atoms with Gasteiger partial charge in [-0.1, -0.05) is 18.2 Å². The Bertz CT molecular complexity index is 412. The standard InChI is InChI=1S/C13H16O4/c1-9(14)11(13(15)17-3)8-10-6-4-5-7-12(10)16-2/h4-7,11H,8H2,1-3H3. The Kier molecular flexibility index (Phi) is 4.69. The molecule has 0 N–H and O–H groups in total. The van der Waals surface area contributed by atoms with E-state index in [1.807, 2.05) is 18.2 Å². The minimum atomic E-state index is -0.767. The molecule has 1 unspecified atom stereocenters. The molecule has 17 heavy (non-hydrogen) atoms. The van der Waals surface area contributed by atoms with Gasteiger partial charge in [0.2, 0.25) is 0 Å². The van der Waals surface area contributed by atoms with E-state index in [0.717, 1.165) is 5.56 Å². The van der Waals surface area contributed by atoms with Crippen LogP contribution in [-0.4, -0.2) is 26.0 Å². The number of Topliss-reactive ketones (excluding diaryl/α,β-unsaturated/α-hetero) is 1. The number of ether oxygens (including phenoxy) is 2. The fourth-order valence-electron chi connectivity index (χ4n) is 1.63. The Balaban J connectivity index is 2.93. The van der Waals surface area contributed by atoms with E-state index in [9.17, 15) is 9.59 Å². The molecule has 1 aromatic rings. The summed E-state index contributed by atoms with van der Waals surface area (Å²) in [4.78, 5) is 22.9. The highest BCUT2D eigenvalue weighted by molar-refractivity contribution is 5.98. The average Bonchev–Trinajstić information content (AvgIpc) is 2.35. The van der Waals surface area contributed by atoms with E-state index in [1.165, 1.54) is 14.0 Å². The number of rotatable bonds is 5. The predicted molar refractivity (Wildman–Crippen MR) is 62.9 cm³/mol. The highest BCUT2D eigenvalue weighted by Gasteiger charge is 2.25. The number of carbonyl (C=O) groups is 2. The summed E-state index contributed by atoms with van der Waals surface area (Å²) >= 11 is 0. The first kappa shape index (κ1) is 13.2. The summed E-state index contributed by atoms with van der Waals surface area (Å²) in [5, 5.41) is 0. The third-order valence-corrected chi connectivity index (χ3v) is 2.59. The van der Waals surface area contributed by atoms with Crippen molar-refractivity contribution in [2.45, 2.75) is 13.3 Å². The molecule has 0 aliphatic carbocycles. The smallest absolute Gasteiger partial charge is 0.316 e. The van der Waals surface area contributed by atoms with Crippen molar-refractivity contribution in [3.05, 3.63) is 29.8 Å². The normalized spacial score (nSPS) is 11.7. The second-order valence-electron chi connectivity index (χ2n) is 3.70. The second-order valence-corrected chi connectivity index (χ2v) is 3.70. The van der Waals surface area contributed by atoms with Crippen molar-refractivity contribution >= 4 is 11.8 Å². The van der Waals surface area contributed by atoms with Gasteiger partial charge in [0.15, 0.2) is 0 Å². The summed E-state index contributed by atoms with van der Waals surface area (Å²) in [6, 6.07) is 7.30. The first-order valence-corrected chi connectivity index (χ1v) is 5.30. The lowest BCUT2D eigenvalue weighted by atomic mass is 9.95. The number of methoxy groups -OCH3 is 2. The third kappa shape index (κ3) is 3.31. The van der Waals surface area contributed by atoms with E-state index >= 15 is 0 Å². The molecule has 0 amide bonds. The van der Waals surface area contributed by atoms with Crippen molar-refractivity contribution in [2.75, 3.05) is 14.2 Å². The number of para-hydroxylation sites is 1. The van der Waals surface area contributed by atoms with E-state index in [1.54, 1.807) is 13.2 Å². The Morgan fingerprint density at radius 2 is 1.88 bits per heavy atom. The molecule has 0 bridgehead atoms. The summed E-state index contributed by atoms with van der Waals surface area (Å²) in [5.41, 5.74) is 0.820. The molecule has 0 radical (unpaired) electrons. The maximum Gasteiger partial charge on any atom is 0.316 e. The van der Waals surface area contributed by atoms with E-state index in [-0.39, 0.29) is 5.78 Å². The fourth-order valence-corrected chi connectivity index (χ4v) is 1.63. The summed E-state index contributed by atoms with van der Waals surface area (Å²) in [6.07, 6.45) is 0.298. The van der Waals surface area contributed by atoms with Crippen molar-refractivity contribution in [1.29, 1.82) is 0 Å². The lowest BCUT2D eigenvalue weighted by Gasteiger charge is -2.13. The molecule has 92 valence electrons. The van der Waals surface area contributed by atoms with Gasteiger partial charge in [0, 0.05) is 0 Å². The van der Waals surface area contributed by atoms with Crippen LogP contribution in [0.25, 0.3) is 0 Å². The highest BCUT2D eigenvalue weighted by Crippen LogP contribution is 2.21. The minimum Gasteiger partial charge on any atom is -0.496 e. The maximum absolute atomic E-state index is 11.5. The molecule has 1 rings (SSSR count). The van der Waals surface area contributed by atoms with E-state index in [4.69, 9.17) is 4.74 Å². The van der Waals surface area contributed by atoms with E-state index < -0.39 is 11.9 Å². The number of benzene rings is 1. The second kappa shape index (κ2) is 6.03. The van der Waals surface area contributed by atoms with Crippen LogP contribution in [0, 0.1) is 5.92 Å². The van der Waals surface area contributed by atoms with Gasteiger partial charge in [0.25, 0.3) is 0 Å². The van der Waals surface area contributed by atoms with Crippen molar-refractivity contribution in [2.24, 2.45) is 5.92 Å². The van der Waals surface area contributed by atoms with Crippen LogP contribution >= 0.6 is 0 Å². The Morgan fingerprint density at radius 3 is 2.41 bits per heavy atom. The highest BCUT2D eigenvalue weighted by atomic mass is 16.5. The van der Waals surface area contributed by atoms with Crippen molar-refractivity contribution < 1.29 is 19.1 Å². The molecule has 4 nitrogen and oxygen atoms in total. The number of hydrogen-bond donors (Lipinski definition) is 0. The molecule has 0 spiro atoms. The van der Waals surface area contributed by atoms with Gasteiger partial charge in [-0.05, 0) is 25.0 Å². The zero-order valence-corrected chi connectivity index (χ0v) is 10.2. The SMILES string of the molecule is COC(=O)C(Cc1ccccc1OC)C(C)=O. The van der Waals surface area contributed by atoms with Crippen LogP contribution in [0.3, 0.4) is 0 Å². The van der Waals surface area contributed by atoms with Gasteiger partial charge in [-0.25, -0.2) is 0 Å². The molecule has 0 aromatic heterocycles. The number of ketones is 1. The summed E-state index contributed by atoms with van der Waals surface area (Å²) in [6.45, 7) is 1.39. The maximum atomic E-state index is 11.5. The van der Waals surface area contributed by atoms with Crippen LogP contribution < -0.4 is 4.74 Å². The first-order valence-electron chi connectivity index (χ1n) is 5.30. The van der Waals surface area contributed by atoms with Gasteiger partial charge >= 0.3 is 5.97 Å². The molecular formula is C13H16O4. The zero-order valence-electron chi connectivity index (χ0n) is 10.2. The molecule has 0 saturated carbocycles. The van der Waals surface area contributed by atoms with Crippen molar-refractivity contribution in [3.8, 4) is 5.75 Å². The average molecular weight is 236 g/mol. The summed E-state index contributed by atoms with van der Waals surface area (Å²) in [7, 11) is 2.83. The molecule has 4 heteroatoms. The van der Waals surface area contributed by atoms with E-state index in [0.29, 0.717) is 12.2 Å². The first-order chi connectivity index (χ1) is 8.10. The van der Waals surface area contributed by atoms with Gasteiger partial charge in [0.05, 0.1) is 14.2 Å². The van der Waals surface area contributed by atoms with Crippen LogP contribution in [0.1, 0.15) is 12.5 Å². The van der Waals surface area contributed by atoms with Crippen LogP contribution in [0.5, 0.6) is 5.75 Å². The molecule has 0 aliphatic heterocycles. The Morgan fingerprint density at radius 1 is 1.24 bits per heavy atom. The fraction of sp³-hybridized carbons (Fsp3) is 0.385.